The monoisotopic (exact) mass is 487 g/mol. The summed E-state index contributed by atoms with van der Waals surface area (Å²) in [5.41, 5.74) is 0.842. The zero-order chi connectivity index (χ0) is 23.7. The molecule has 0 unspecified atom stereocenters. The van der Waals surface area contributed by atoms with Crippen LogP contribution in [-0.2, 0) is 14.3 Å². The van der Waals surface area contributed by atoms with Crippen molar-refractivity contribution in [3.05, 3.63) is 35.0 Å². The van der Waals surface area contributed by atoms with Crippen molar-refractivity contribution in [1.82, 2.24) is 9.88 Å². The first-order chi connectivity index (χ1) is 16.4. The fourth-order valence-electron chi connectivity index (χ4n) is 5.63. The standard InChI is InChI=1S/C26H34ClN3O4/c1-26(16-34-15-23(26)31)30-6-2-18(3-7-30)21-11-19-13-24(28-14-20(19)12-22(21)27)29-25(32)10-17-4-8-33-9-5-17/h11-14,17-18,23,31H,2-10,15-16H2,1H3,(H,28,29,32)/t23-,26+/m0/s1. The Labute approximate surface area is 205 Å². The maximum Gasteiger partial charge on any atom is 0.225 e. The third kappa shape index (κ3) is 4.95. The summed E-state index contributed by atoms with van der Waals surface area (Å²) in [6.45, 7) is 6.36. The van der Waals surface area contributed by atoms with Crippen LogP contribution in [0.25, 0.3) is 10.8 Å². The van der Waals surface area contributed by atoms with Gasteiger partial charge in [-0.05, 0) is 86.7 Å². The van der Waals surface area contributed by atoms with Crippen LogP contribution >= 0.6 is 11.6 Å². The van der Waals surface area contributed by atoms with Crippen LogP contribution < -0.4 is 5.32 Å². The first kappa shape index (κ1) is 23.9. The van der Waals surface area contributed by atoms with Crippen molar-refractivity contribution < 1.29 is 19.4 Å². The Morgan fingerprint density at radius 3 is 2.65 bits per heavy atom. The van der Waals surface area contributed by atoms with Gasteiger partial charge in [0.25, 0.3) is 0 Å². The van der Waals surface area contributed by atoms with Gasteiger partial charge in [0, 0.05) is 36.2 Å². The van der Waals surface area contributed by atoms with Gasteiger partial charge in [0.15, 0.2) is 0 Å². The van der Waals surface area contributed by atoms with Gasteiger partial charge in [-0.15, -0.1) is 0 Å². The first-order valence-corrected chi connectivity index (χ1v) is 12.8. The van der Waals surface area contributed by atoms with Crippen LogP contribution in [-0.4, -0.2) is 72.1 Å². The van der Waals surface area contributed by atoms with Crippen molar-refractivity contribution in [1.29, 1.82) is 0 Å². The number of aliphatic hydroxyl groups is 1. The average Bonchev–Trinajstić information content (AvgIpc) is 3.18. The number of amides is 1. The van der Waals surface area contributed by atoms with E-state index >= 15 is 0 Å². The fraction of sp³-hybridized carbons (Fsp3) is 0.615. The minimum atomic E-state index is -0.444. The number of carbonyl (C=O) groups is 1. The predicted molar refractivity (Wildman–Crippen MR) is 132 cm³/mol. The molecular formula is C26H34ClN3O4. The van der Waals surface area contributed by atoms with E-state index in [1.54, 1.807) is 6.20 Å². The van der Waals surface area contributed by atoms with E-state index in [0.717, 1.165) is 73.3 Å². The third-order valence-electron chi connectivity index (χ3n) is 7.96. The topological polar surface area (TPSA) is 83.9 Å². The highest BCUT2D eigenvalue weighted by atomic mass is 35.5. The lowest BCUT2D eigenvalue weighted by Crippen LogP contribution is -2.56. The first-order valence-electron chi connectivity index (χ1n) is 12.4. The van der Waals surface area contributed by atoms with Crippen LogP contribution in [0.15, 0.2) is 24.4 Å². The van der Waals surface area contributed by atoms with Crippen molar-refractivity contribution in [3.63, 3.8) is 0 Å². The number of hydrogen-bond donors (Lipinski definition) is 2. The number of aromatic nitrogens is 1. The van der Waals surface area contributed by atoms with E-state index in [1.807, 2.05) is 12.1 Å². The van der Waals surface area contributed by atoms with Gasteiger partial charge in [0.05, 0.1) is 24.9 Å². The molecule has 0 aliphatic carbocycles. The predicted octanol–water partition coefficient (Wildman–Crippen LogP) is 3.97. The Bertz CT molecular complexity index is 1040. The maximum absolute atomic E-state index is 12.5. The van der Waals surface area contributed by atoms with E-state index in [1.165, 1.54) is 0 Å². The molecule has 3 aliphatic rings. The average molecular weight is 488 g/mol. The zero-order valence-electron chi connectivity index (χ0n) is 19.8. The number of fused-ring (bicyclic) bond motifs is 1. The van der Waals surface area contributed by atoms with Crippen LogP contribution in [0.5, 0.6) is 0 Å². The number of piperidine rings is 1. The lowest BCUT2D eigenvalue weighted by molar-refractivity contribution is -0.117. The molecule has 3 saturated heterocycles. The molecule has 2 atom stereocenters. The van der Waals surface area contributed by atoms with Crippen LogP contribution in [0, 0.1) is 5.92 Å². The molecule has 3 aliphatic heterocycles. The van der Waals surface area contributed by atoms with Crippen molar-refractivity contribution in [2.24, 2.45) is 5.92 Å². The van der Waals surface area contributed by atoms with Crippen LogP contribution in [0.4, 0.5) is 5.82 Å². The van der Waals surface area contributed by atoms with Gasteiger partial charge in [-0.25, -0.2) is 4.98 Å². The van der Waals surface area contributed by atoms with Gasteiger partial charge in [-0.2, -0.15) is 0 Å². The quantitative estimate of drug-likeness (QED) is 0.663. The van der Waals surface area contributed by atoms with Crippen molar-refractivity contribution in [2.45, 2.75) is 56.6 Å². The third-order valence-corrected chi connectivity index (χ3v) is 8.29. The molecule has 2 N–H and O–H groups in total. The van der Waals surface area contributed by atoms with E-state index in [0.29, 0.717) is 37.3 Å². The molecule has 1 aromatic heterocycles. The fourth-order valence-corrected chi connectivity index (χ4v) is 5.95. The molecule has 0 saturated carbocycles. The number of benzene rings is 1. The molecular weight excluding hydrogens is 454 g/mol. The second kappa shape index (κ2) is 10.1. The summed E-state index contributed by atoms with van der Waals surface area (Å²) in [5.74, 6) is 1.32. The summed E-state index contributed by atoms with van der Waals surface area (Å²) in [6.07, 6.45) is 5.67. The van der Waals surface area contributed by atoms with Crippen LogP contribution in [0.3, 0.4) is 0 Å². The van der Waals surface area contributed by atoms with Gasteiger partial charge >= 0.3 is 0 Å². The number of aliphatic hydroxyl groups excluding tert-OH is 1. The molecule has 8 heteroatoms. The molecule has 4 heterocycles. The Hall–Kier alpha value is -1.77. The molecule has 1 aromatic carbocycles. The summed E-state index contributed by atoms with van der Waals surface area (Å²) in [6, 6.07) is 6.08. The van der Waals surface area contributed by atoms with Crippen LogP contribution in [0.1, 0.15) is 50.5 Å². The highest BCUT2D eigenvalue weighted by Gasteiger charge is 2.45. The molecule has 184 valence electrons. The van der Waals surface area contributed by atoms with Crippen molar-refractivity contribution >= 4 is 34.1 Å². The van der Waals surface area contributed by atoms with Gasteiger partial charge in [-0.1, -0.05) is 11.6 Å². The number of carbonyl (C=O) groups excluding carboxylic acids is 1. The number of rotatable bonds is 5. The zero-order valence-corrected chi connectivity index (χ0v) is 20.5. The van der Waals surface area contributed by atoms with Gasteiger partial charge in [-0.3, -0.25) is 9.69 Å². The molecule has 34 heavy (non-hydrogen) atoms. The summed E-state index contributed by atoms with van der Waals surface area (Å²) in [4.78, 5) is 19.3. The minimum absolute atomic E-state index is 0.00637. The highest BCUT2D eigenvalue weighted by molar-refractivity contribution is 6.32. The number of nitrogens with one attached hydrogen (secondary N) is 1. The van der Waals surface area contributed by atoms with E-state index in [2.05, 4.69) is 28.2 Å². The molecule has 2 aromatic rings. The molecule has 1 amide bonds. The molecule has 3 fully saturated rings. The molecule has 0 spiro atoms. The van der Waals surface area contributed by atoms with Gasteiger partial charge in [0.1, 0.15) is 5.82 Å². The minimum Gasteiger partial charge on any atom is -0.389 e. The van der Waals surface area contributed by atoms with Crippen molar-refractivity contribution in [2.75, 3.05) is 44.8 Å². The Morgan fingerprint density at radius 1 is 1.18 bits per heavy atom. The largest absolute Gasteiger partial charge is 0.389 e. The maximum atomic E-state index is 12.5. The highest BCUT2D eigenvalue weighted by Crippen LogP contribution is 2.38. The van der Waals surface area contributed by atoms with E-state index in [-0.39, 0.29) is 11.4 Å². The van der Waals surface area contributed by atoms with Crippen LogP contribution in [0.2, 0.25) is 5.02 Å². The number of anilines is 1. The van der Waals surface area contributed by atoms with E-state index in [9.17, 15) is 9.90 Å². The number of nitrogens with zero attached hydrogens (tertiary/aromatic N) is 2. The number of hydrogen-bond acceptors (Lipinski definition) is 6. The van der Waals surface area contributed by atoms with Gasteiger partial charge < -0.3 is 19.9 Å². The summed E-state index contributed by atoms with van der Waals surface area (Å²) in [5, 5.41) is 16.1. The van der Waals surface area contributed by atoms with E-state index in [4.69, 9.17) is 21.1 Å². The van der Waals surface area contributed by atoms with Gasteiger partial charge in [0.2, 0.25) is 5.91 Å². The molecule has 0 radical (unpaired) electrons. The number of ether oxygens (including phenoxy) is 2. The summed E-state index contributed by atoms with van der Waals surface area (Å²) >= 11 is 6.70. The van der Waals surface area contributed by atoms with E-state index < -0.39 is 6.10 Å². The molecule has 0 bridgehead atoms. The lowest BCUT2D eigenvalue weighted by atomic mass is 9.85. The second-order valence-electron chi connectivity index (χ2n) is 10.2. The summed E-state index contributed by atoms with van der Waals surface area (Å²) < 4.78 is 10.9. The SMILES string of the molecule is C[C@@]1(N2CCC(c3cc4cc(NC(=O)CC5CCOCC5)ncc4cc3Cl)CC2)COC[C@@H]1O. The Kier molecular flexibility index (Phi) is 7.09. The second-order valence-corrected chi connectivity index (χ2v) is 10.7. The Morgan fingerprint density at radius 2 is 1.94 bits per heavy atom. The lowest BCUT2D eigenvalue weighted by Gasteiger charge is -2.43. The number of halogens is 1. The normalized spacial score (nSPS) is 27.3. The number of likely N-dealkylation sites (tertiary alicyclic amines) is 1. The van der Waals surface area contributed by atoms with Crippen molar-refractivity contribution in [3.8, 4) is 0 Å². The smallest absolute Gasteiger partial charge is 0.225 e. The summed E-state index contributed by atoms with van der Waals surface area (Å²) in [7, 11) is 0. The molecule has 5 rings (SSSR count). The number of pyridine rings is 1. The Balaban J connectivity index is 1.27. The molecule has 7 nitrogen and oxygen atoms in total.